The molecule has 1 saturated heterocycles. The molecule has 36 heavy (non-hydrogen) atoms. The van der Waals surface area contributed by atoms with E-state index in [0.717, 1.165) is 18.8 Å². The molecule has 2 aromatic carbocycles. The predicted molar refractivity (Wildman–Crippen MR) is 133 cm³/mol. The first-order chi connectivity index (χ1) is 17.4. The molecule has 1 unspecified atom stereocenters. The van der Waals surface area contributed by atoms with Crippen LogP contribution in [0, 0.1) is 5.82 Å². The smallest absolute Gasteiger partial charge is 0.338 e. The van der Waals surface area contributed by atoms with Gasteiger partial charge in [-0.15, -0.1) is 0 Å². The number of rotatable bonds is 8. The average molecular weight is 499 g/mol. The lowest BCUT2D eigenvalue weighted by Crippen LogP contribution is -2.51. The number of nitrogens with zero attached hydrogens (tertiary/aromatic N) is 2. The maximum Gasteiger partial charge on any atom is 0.338 e. The topological polar surface area (TPSA) is 92.4 Å². The highest BCUT2D eigenvalue weighted by molar-refractivity contribution is 5.95. The minimum absolute atomic E-state index is 0.207. The Morgan fingerprint density at radius 1 is 1.03 bits per heavy atom. The molecule has 4 rings (SSSR count). The number of methoxy groups -OCH3 is 2. The van der Waals surface area contributed by atoms with Gasteiger partial charge in [0.25, 0.3) is 0 Å². The Morgan fingerprint density at radius 3 is 2.36 bits per heavy atom. The second-order valence-corrected chi connectivity index (χ2v) is 8.50. The summed E-state index contributed by atoms with van der Waals surface area (Å²) in [6, 6.07) is 10.6. The summed E-state index contributed by atoms with van der Waals surface area (Å²) in [6.07, 6.45) is 0. The predicted octanol–water partition coefficient (Wildman–Crippen LogP) is 2.84. The van der Waals surface area contributed by atoms with Crippen molar-refractivity contribution < 1.29 is 28.2 Å². The molecule has 2 aromatic rings. The van der Waals surface area contributed by atoms with E-state index in [4.69, 9.17) is 14.2 Å². The Kier molecular flexibility index (Phi) is 7.94. The third-order valence-corrected chi connectivity index (χ3v) is 6.34. The van der Waals surface area contributed by atoms with Crippen LogP contribution in [0.5, 0.6) is 11.5 Å². The number of benzene rings is 2. The average Bonchev–Trinajstić information content (AvgIpc) is 2.89. The Balaban J connectivity index is 1.58. The third kappa shape index (κ3) is 5.54. The molecule has 1 atom stereocenters. The van der Waals surface area contributed by atoms with Gasteiger partial charge in [0, 0.05) is 44.1 Å². The molecule has 2 heterocycles. The largest absolute Gasteiger partial charge is 0.493 e. The summed E-state index contributed by atoms with van der Waals surface area (Å²) in [5.41, 5.74) is 2.49. The number of piperazine rings is 1. The van der Waals surface area contributed by atoms with Gasteiger partial charge in [0.1, 0.15) is 5.82 Å². The van der Waals surface area contributed by atoms with Crippen LogP contribution in [0.25, 0.3) is 0 Å². The monoisotopic (exact) mass is 498 g/mol. The van der Waals surface area contributed by atoms with E-state index >= 15 is 0 Å². The van der Waals surface area contributed by atoms with E-state index in [-0.39, 0.29) is 12.4 Å². The number of ether oxygens (including phenoxy) is 3. The first kappa shape index (κ1) is 25.3. The molecule has 1 fully saturated rings. The van der Waals surface area contributed by atoms with Crippen molar-refractivity contribution in [3.63, 3.8) is 0 Å². The fraction of sp³-hybridized carbons (Fsp3) is 0.385. The van der Waals surface area contributed by atoms with Gasteiger partial charge in [0.15, 0.2) is 11.5 Å². The van der Waals surface area contributed by atoms with Crippen molar-refractivity contribution in [2.75, 3.05) is 58.5 Å². The van der Waals surface area contributed by atoms with Gasteiger partial charge < -0.3 is 29.7 Å². The van der Waals surface area contributed by atoms with E-state index in [2.05, 4.69) is 20.4 Å². The number of urea groups is 1. The van der Waals surface area contributed by atoms with Crippen LogP contribution in [0.2, 0.25) is 0 Å². The summed E-state index contributed by atoms with van der Waals surface area (Å²) in [6.45, 7) is 5.22. The number of carbonyl (C=O) groups is 2. The number of esters is 1. The van der Waals surface area contributed by atoms with Crippen molar-refractivity contribution in [2.45, 2.75) is 13.0 Å². The van der Waals surface area contributed by atoms with Crippen molar-refractivity contribution >= 4 is 17.7 Å². The highest BCUT2D eigenvalue weighted by Crippen LogP contribution is 2.34. The fourth-order valence-corrected chi connectivity index (χ4v) is 4.51. The number of carbonyl (C=O) groups excluding carboxylic acids is 2. The van der Waals surface area contributed by atoms with Gasteiger partial charge in [0.2, 0.25) is 0 Å². The molecule has 2 aliphatic rings. The van der Waals surface area contributed by atoms with E-state index in [1.807, 2.05) is 0 Å². The van der Waals surface area contributed by atoms with Gasteiger partial charge in [-0.2, -0.15) is 0 Å². The SMILES string of the molecule is CCOC(=O)C1=C(CN2CCN(c3ccc(F)cc3)CC2)NC(=O)NC1c1ccc(OC)c(OC)c1. The normalized spacial score (nSPS) is 18.4. The van der Waals surface area contributed by atoms with Crippen LogP contribution in [-0.4, -0.2) is 70.5 Å². The number of amides is 2. The van der Waals surface area contributed by atoms with E-state index in [1.165, 1.54) is 19.2 Å². The maximum atomic E-state index is 13.3. The van der Waals surface area contributed by atoms with E-state index in [9.17, 15) is 14.0 Å². The van der Waals surface area contributed by atoms with Gasteiger partial charge in [-0.3, -0.25) is 4.90 Å². The van der Waals surface area contributed by atoms with Gasteiger partial charge in [-0.05, 0) is 48.9 Å². The molecule has 0 radical (unpaired) electrons. The molecule has 0 spiro atoms. The number of hydrogen-bond acceptors (Lipinski definition) is 7. The summed E-state index contributed by atoms with van der Waals surface area (Å²) < 4.78 is 29.4. The molecule has 10 heteroatoms. The molecule has 0 aromatic heterocycles. The molecule has 0 bridgehead atoms. The number of anilines is 1. The minimum Gasteiger partial charge on any atom is -0.493 e. The Hall–Kier alpha value is -3.79. The van der Waals surface area contributed by atoms with Crippen LogP contribution in [0.3, 0.4) is 0 Å². The number of hydrogen-bond donors (Lipinski definition) is 2. The van der Waals surface area contributed by atoms with Crippen LogP contribution in [0.15, 0.2) is 53.7 Å². The Bertz CT molecular complexity index is 1130. The maximum absolute atomic E-state index is 13.3. The third-order valence-electron chi connectivity index (χ3n) is 6.34. The fourth-order valence-electron chi connectivity index (χ4n) is 4.51. The zero-order valence-electron chi connectivity index (χ0n) is 20.7. The Labute approximate surface area is 209 Å². The van der Waals surface area contributed by atoms with E-state index < -0.39 is 18.0 Å². The van der Waals surface area contributed by atoms with E-state index in [0.29, 0.717) is 48.0 Å². The van der Waals surface area contributed by atoms with Gasteiger partial charge in [-0.25, -0.2) is 14.0 Å². The summed E-state index contributed by atoms with van der Waals surface area (Å²) in [5.74, 6) is 0.276. The van der Waals surface area contributed by atoms with Crippen molar-refractivity contribution in [3.8, 4) is 11.5 Å². The zero-order valence-corrected chi connectivity index (χ0v) is 20.7. The first-order valence-electron chi connectivity index (χ1n) is 11.9. The van der Waals surface area contributed by atoms with Gasteiger partial charge in [-0.1, -0.05) is 6.07 Å². The summed E-state index contributed by atoms with van der Waals surface area (Å²) in [4.78, 5) is 30.1. The van der Waals surface area contributed by atoms with Crippen LogP contribution in [0.4, 0.5) is 14.9 Å². The highest BCUT2D eigenvalue weighted by atomic mass is 19.1. The van der Waals surface area contributed by atoms with E-state index in [1.54, 1.807) is 44.4 Å². The number of halogens is 1. The first-order valence-corrected chi connectivity index (χ1v) is 11.9. The summed E-state index contributed by atoms with van der Waals surface area (Å²) in [5, 5.41) is 5.68. The van der Waals surface area contributed by atoms with Crippen molar-refractivity contribution in [3.05, 3.63) is 65.1 Å². The van der Waals surface area contributed by atoms with Crippen LogP contribution in [0.1, 0.15) is 18.5 Å². The minimum atomic E-state index is -0.715. The molecule has 9 nitrogen and oxygen atoms in total. The van der Waals surface area contributed by atoms with Gasteiger partial charge in [0.05, 0.1) is 32.4 Å². The molecular formula is C26H31FN4O5. The summed E-state index contributed by atoms with van der Waals surface area (Å²) >= 11 is 0. The molecular weight excluding hydrogens is 467 g/mol. The molecule has 0 saturated carbocycles. The molecule has 192 valence electrons. The lowest BCUT2D eigenvalue weighted by Gasteiger charge is -2.38. The highest BCUT2D eigenvalue weighted by Gasteiger charge is 2.35. The van der Waals surface area contributed by atoms with Crippen LogP contribution < -0.4 is 25.0 Å². The standard InChI is InChI=1S/C26H31FN4O5/c1-4-36-25(32)23-20(16-30-11-13-31(14-12-30)19-8-6-18(27)7-9-19)28-26(33)29-24(23)17-5-10-21(34-2)22(15-17)35-3/h5-10,15,24H,4,11-14,16H2,1-3H3,(H2,28,29,33). The van der Waals surface area contributed by atoms with Crippen molar-refractivity contribution in [2.24, 2.45) is 0 Å². The van der Waals surface area contributed by atoms with Crippen LogP contribution in [-0.2, 0) is 9.53 Å². The lowest BCUT2D eigenvalue weighted by atomic mass is 9.94. The number of nitrogens with one attached hydrogen (secondary N) is 2. The summed E-state index contributed by atoms with van der Waals surface area (Å²) in [7, 11) is 3.07. The second kappa shape index (κ2) is 11.3. The molecule has 0 aliphatic carbocycles. The molecule has 2 amide bonds. The lowest BCUT2D eigenvalue weighted by molar-refractivity contribution is -0.139. The molecule has 2 aliphatic heterocycles. The zero-order chi connectivity index (χ0) is 25.7. The quantitative estimate of drug-likeness (QED) is 0.541. The van der Waals surface area contributed by atoms with Crippen molar-refractivity contribution in [1.29, 1.82) is 0 Å². The van der Waals surface area contributed by atoms with Gasteiger partial charge >= 0.3 is 12.0 Å². The second-order valence-electron chi connectivity index (χ2n) is 8.50. The Morgan fingerprint density at radius 2 is 1.72 bits per heavy atom. The van der Waals surface area contributed by atoms with Crippen molar-refractivity contribution in [1.82, 2.24) is 15.5 Å². The molecule has 2 N–H and O–H groups in total. The van der Waals surface area contributed by atoms with Crippen LogP contribution >= 0.6 is 0 Å².